The van der Waals surface area contributed by atoms with E-state index in [9.17, 15) is 0 Å². The summed E-state index contributed by atoms with van der Waals surface area (Å²) >= 11 is 0. The van der Waals surface area contributed by atoms with Gasteiger partial charge >= 0.3 is 0 Å². The van der Waals surface area contributed by atoms with Crippen LogP contribution in [0.4, 0.5) is 0 Å². The van der Waals surface area contributed by atoms with Gasteiger partial charge in [-0.1, -0.05) is 0 Å². The summed E-state index contributed by atoms with van der Waals surface area (Å²) in [5.41, 5.74) is 5.63. The number of guanidine groups is 1. The molecule has 0 unspecified atom stereocenters. The smallest absolute Gasteiger partial charge is 0.191 e. The predicted molar refractivity (Wildman–Crippen MR) is 52.3 cm³/mol. The molecule has 0 aliphatic carbocycles. The van der Waals surface area contributed by atoms with Gasteiger partial charge in [0.15, 0.2) is 5.96 Å². The Hall–Kier alpha value is -0.440. The summed E-state index contributed by atoms with van der Waals surface area (Å²) in [6.07, 6.45) is 0. The molecule has 0 aliphatic rings. The molecule has 0 aromatic heterocycles. The van der Waals surface area contributed by atoms with Crippen LogP contribution in [0.1, 0.15) is 20.8 Å². The molecular formula is C7H18ClN3. The van der Waals surface area contributed by atoms with Crippen LogP contribution < -0.4 is 5.73 Å². The zero-order valence-corrected chi connectivity index (χ0v) is 8.32. The highest BCUT2D eigenvalue weighted by Crippen LogP contribution is 1.85. The van der Waals surface area contributed by atoms with Crippen LogP contribution in [0.2, 0.25) is 0 Å². The van der Waals surface area contributed by atoms with Crippen molar-refractivity contribution < 1.29 is 0 Å². The van der Waals surface area contributed by atoms with E-state index >= 15 is 0 Å². The second-order valence-electron chi connectivity index (χ2n) is 2.00. The molecule has 0 atom stereocenters. The maximum Gasteiger partial charge on any atom is 0.191 e. The van der Waals surface area contributed by atoms with Crippen LogP contribution in [-0.4, -0.2) is 30.5 Å². The minimum absolute atomic E-state index is 0. The number of nitrogens with two attached hydrogens (primary N) is 1. The first kappa shape index (κ1) is 13.2. The molecule has 0 amide bonds. The number of halogens is 1. The summed E-state index contributed by atoms with van der Waals surface area (Å²) in [4.78, 5) is 6.12. The lowest BCUT2D eigenvalue weighted by Crippen LogP contribution is -2.37. The number of hydrogen-bond acceptors (Lipinski definition) is 1. The molecule has 0 saturated carbocycles. The Kier molecular flexibility index (Phi) is 9.18. The molecule has 3 nitrogen and oxygen atoms in total. The van der Waals surface area contributed by atoms with Gasteiger partial charge in [-0.05, 0) is 20.8 Å². The third-order valence-electron chi connectivity index (χ3n) is 1.41. The van der Waals surface area contributed by atoms with Gasteiger partial charge in [-0.3, -0.25) is 4.99 Å². The van der Waals surface area contributed by atoms with E-state index < -0.39 is 0 Å². The van der Waals surface area contributed by atoms with Crippen molar-refractivity contribution in [2.45, 2.75) is 20.8 Å². The number of rotatable bonds is 3. The van der Waals surface area contributed by atoms with E-state index in [-0.39, 0.29) is 12.4 Å². The fraction of sp³-hybridized carbons (Fsp3) is 0.857. The minimum atomic E-state index is 0. The van der Waals surface area contributed by atoms with Gasteiger partial charge in [-0.15, -0.1) is 12.4 Å². The van der Waals surface area contributed by atoms with Gasteiger partial charge in [0.25, 0.3) is 0 Å². The van der Waals surface area contributed by atoms with E-state index in [0.717, 1.165) is 19.6 Å². The number of nitrogens with zero attached hydrogens (tertiary/aromatic N) is 2. The zero-order chi connectivity index (χ0) is 7.98. The summed E-state index contributed by atoms with van der Waals surface area (Å²) in [5, 5.41) is 0. The fourth-order valence-corrected chi connectivity index (χ4v) is 0.810. The van der Waals surface area contributed by atoms with Crippen LogP contribution in [0.25, 0.3) is 0 Å². The molecule has 68 valence electrons. The fourth-order valence-electron chi connectivity index (χ4n) is 0.810. The van der Waals surface area contributed by atoms with Gasteiger partial charge in [0, 0.05) is 19.6 Å². The second kappa shape index (κ2) is 7.66. The number of aliphatic imine (C=N–C) groups is 1. The van der Waals surface area contributed by atoms with Gasteiger partial charge in [0.1, 0.15) is 0 Å². The largest absolute Gasteiger partial charge is 0.370 e. The maximum absolute atomic E-state index is 5.63. The molecule has 0 heterocycles. The Labute approximate surface area is 75.1 Å². The molecule has 11 heavy (non-hydrogen) atoms. The highest BCUT2D eigenvalue weighted by molar-refractivity contribution is 5.85. The molecular weight excluding hydrogens is 162 g/mol. The lowest BCUT2D eigenvalue weighted by atomic mass is 10.5. The van der Waals surface area contributed by atoms with Crippen LogP contribution in [-0.2, 0) is 0 Å². The second-order valence-corrected chi connectivity index (χ2v) is 2.00. The first-order chi connectivity index (χ1) is 4.76. The molecule has 0 aromatic rings. The van der Waals surface area contributed by atoms with Crippen molar-refractivity contribution >= 4 is 18.4 Å². The Bertz CT molecular complexity index is 110. The van der Waals surface area contributed by atoms with Crippen molar-refractivity contribution in [3.05, 3.63) is 0 Å². The average Bonchev–Trinajstić information content (AvgIpc) is 1.91. The van der Waals surface area contributed by atoms with Gasteiger partial charge in [-0.2, -0.15) is 0 Å². The van der Waals surface area contributed by atoms with Crippen LogP contribution in [0.3, 0.4) is 0 Å². The van der Waals surface area contributed by atoms with E-state index in [0.29, 0.717) is 5.96 Å². The Morgan fingerprint density at radius 1 is 1.27 bits per heavy atom. The minimum Gasteiger partial charge on any atom is -0.370 e. The highest BCUT2D eigenvalue weighted by Gasteiger charge is 1.98. The van der Waals surface area contributed by atoms with Crippen molar-refractivity contribution in [2.75, 3.05) is 19.6 Å². The summed E-state index contributed by atoms with van der Waals surface area (Å²) in [7, 11) is 0. The van der Waals surface area contributed by atoms with Crippen LogP contribution in [0.15, 0.2) is 4.99 Å². The molecule has 0 rings (SSSR count). The molecule has 4 heteroatoms. The van der Waals surface area contributed by atoms with Gasteiger partial charge in [0.2, 0.25) is 0 Å². The number of hydrogen-bond donors (Lipinski definition) is 1. The van der Waals surface area contributed by atoms with Gasteiger partial charge in [-0.25, -0.2) is 0 Å². The van der Waals surface area contributed by atoms with Gasteiger partial charge in [0.05, 0.1) is 0 Å². The van der Waals surface area contributed by atoms with Crippen LogP contribution in [0, 0.1) is 0 Å². The van der Waals surface area contributed by atoms with Crippen molar-refractivity contribution in [3.63, 3.8) is 0 Å². The van der Waals surface area contributed by atoms with E-state index in [2.05, 4.69) is 18.8 Å². The summed E-state index contributed by atoms with van der Waals surface area (Å²) < 4.78 is 0. The van der Waals surface area contributed by atoms with Crippen molar-refractivity contribution in [2.24, 2.45) is 10.7 Å². The van der Waals surface area contributed by atoms with Gasteiger partial charge < -0.3 is 10.6 Å². The van der Waals surface area contributed by atoms with E-state index in [1.165, 1.54) is 0 Å². The Morgan fingerprint density at radius 2 is 1.73 bits per heavy atom. The molecule has 2 N–H and O–H groups in total. The maximum atomic E-state index is 5.63. The van der Waals surface area contributed by atoms with Crippen molar-refractivity contribution in [1.82, 2.24) is 4.90 Å². The third-order valence-corrected chi connectivity index (χ3v) is 1.41. The molecule has 0 aliphatic heterocycles. The average molecular weight is 180 g/mol. The molecule has 0 radical (unpaired) electrons. The molecule has 0 fully saturated rings. The van der Waals surface area contributed by atoms with Crippen LogP contribution >= 0.6 is 12.4 Å². The topological polar surface area (TPSA) is 41.6 Å². The summed E-state index contributed by atoms with van der Waals surface area (Å²) in [6, 6.07) is 0. The Balaban J connectivity index is 0. The molecule has 0 bridgehead atoms. The van der Waals surface area contributed by atoms with Crippen molar-refractivity contribution in [1.29, 1.82) is 0 Å². The third kappa shape index (κ3) is 4.90. The standard InChI is InChI=1S/C7H17N3.ClH/c1-4-9-7(8)10(5-2)6-3;/h4-6H2,1-3H3,(H2,8,9);1H. The normalized spacial score (nSPS) is 10.6. The lowest BCUT2D eigenvalue weighted by molar-refractivity contribution is 0.458. The summed E-state index contributed by atoms with van der Waals surface area (Å²) in [6.45, 7) is 8.76. The van der Waals surface area contributed by atoms with E-state index in [1.807, 2.05) is 11.8 Å². The SMILES string of the molecule is CCN=C(N)N(CC)CC.Cl. The monoisotopic (exact) mass is 179 g/mol. The molecule has 0 saturated heterocycles. The Morgan fingerprint density at radius 3 is 2.00 bits per heavy atom. The lowest BCUT2D eigenvalue weighted by Gasteiger charge is -2.18. The first-order valence-electron chi connectivity index (χ1n) is 3.81. The van der Waals surface area contributed by atoms with E-state index in [4.69, 9.17) is 5.73 Å². The first-order valence-corrected chi connectivity index (χ1v) is 3.81. The predicted octanol–water partition coefficient (Wildman–Crippen LogP) is 1.08. The van der Waals surface area contributed by atoms with E-state index in [1.54, 1.807) is 0 Å². The van der Waals surface area contributed by atoms with Crippen LogP contribution in [0.5, 0.6) is 0 Å². The van der Waals surface area contributed by atoms with Crippen molar-refractivity contribution in [3.8, 4) is 0 Å². The molecule has 0 aromatic carbocycles. The molecule has 0 spiro atoms. The zero-order valence-electron chi connectivity index (χ0n) is 7.50. The summed E-state index contributed by atoms with van der Waals surface area (Å²) in [5.74, 6) is 0.660. The quantitative estimate of drug-likeness (QED) is 0.521. The highest BCUT2D eigenvalue weighted by atomic mass is 35.5.